The Hall–Kier alpha value is -2.82. The molecular weight excluding hydrogens is 374 g/mol. The highest BCUT2D eigenvalue weighted by Crippen LogP contribution is 2.21. The molecule has 1 aliphatic heterocycles. The quantitative estimate of drug-likeness (QED) is 0.810. The van der Waals surface area contributed by atoms with Crippen LogP contribution in [0.1, 0.15) is 23.2 Å². The van der Waals surface area contributed by atoms with Crippen LogP contribution in [0.2, 0.25) is 0 Å². The van der Waals surface area contributed by atoms with E-state index in [0.29, 0.717) is 10.1 Å². The van der Waals surface area contributed by atoms with Gasteiger partial charge in [-0.25, -0.2) is 27.2 Å². The first-order chi connectivity index (χ1) is 12.7. The number of imide groups is 1. The van der Waals surface area contributed by atoms with Gasteiger partial charge in [0.1, 0.15) is 11.8 Å². The molecule has 11 heteroatoms. The average molecular weight is 395 g/mol. The number of furan rings is 1. The number of rotatable bonds is 5. The summed E-state index contributed by atoms with van der Waals surface area (Å²) < 4.78 is 31.1. The molecule has 4 amide bonds. The Bertz CT molecular complexity index is 950. The fourth-order valence-corrected chi connectivity index (χ4v) is 3.84. The average Bonchev–Trinajstić information content (AvgIpc) is 3.28. The predicted octanol–water partition coefficient (Wildman–Crippen LogP) is 1.09. The van der Waals surface area contributed by atoms with Crippen molar-refractivity contribution in [2.75, 3.05) is 25.9 Å². The van der Waals surface area contributed by atoms with Crippen molar-refractivity contribution in [2.24, 2.45) is 0 Å². The Labute approximate surface area is 156 Å². The number of hydrogen-bond donors (Lipinski definition) is 1. The van der Waals surface area contributed by atoms with Gasteiger partial charge >= 0.3 is 12.1 Å². The molecule has 0 spiro atoms. The van der Waals surface area contributed by atoms with Gasteiger partial charge in [-0.2, -0.15) is 5.10 Å². The maximum atomic E-state index is 12.4. The topological polar surface area (TPSA) is 118 Å². The van der Waals surface area contributed by atoms with Crippen molar-refractivity contribution in [1.82, 2.24) is 24.3 Å². The maximum Gasteiger partial charge on any atom is 0.341 e. The number of hydrogen-bond acceptors (Lipinski definition) is 6. The molecule has 146 valence electrons. The van der Waals surface area contributed by atoms with Crippen LogP contribution in [0.5, 0.6) is 0 Å². The third kappa shape index (κ3) is 3.82. The number of carbonyl (C=O) groups excluding carboxylic acids is 2. The minimum Gasteiger partial charge on any atom is -0.467 e. The highest BCUT2D eigenvalue weighted by molar-refractivity contribution is 7.88. The van der Waals surface area contributed by atoms with Crippen LogP contribution in [0.3, 0.4) is 0 Å². The Kier molecular flexibility index (Phi) is 4.96. The van der Waals surface area contributed by atoms with Crippen LogP contribution >= 0.6 is 0 Å². The van der Waals surface area contributed by atoms with E-state index in [1.165, 1.54) is 6.26 Å². The minimum atomic E-state index is -3.70. The molecule has 2 aromatic heterocycles. The van der Waals surface area contributed by atoms with E-state index in [0.717, 1.165) is 22.5 Å². The molecule has 0 aromatic carbocycles. The smallest absolute Gasteiger partial charge is 0.341 e. The van der Waals surface area contributed by atoms with E-state index in [4.69, 9.17) is 4.42 Å². The number of sulfonamides is 1. The number of aryl methyl sites for hydroxylation is 2. The number of nitrogens with zero attached hydrogens (tertiary/aromatic N) is 4. The molecule has 0 bridgehead atoms. The fraction of sp³-hybridized carbons (Fsp3) is 0.438. The van der Waals surface area contributed by atoms with Crippen molar-refractivity contribution in [3.8, 4) is 0 Å². The fourth-order valence-electron chi connectivity index (χ4n) is 3.04. The second-order valence-corrected chi connectivity index (χ2v) is 8.27. The maximum absolute atomic E-state index is 12.4. The zero-order valence-electron chi connectivity index (χ0n) is 15.2. The molecular formula is C16H21N5O5S. The van der Waals surface area contributed by atoms with Crippen LogP contribution in [-0.4, -0.2) is 65.4 Å². The summed E-state index contributed by atoms with van der Waals surface area (Å²) in [5.74, 6) is 0.604. The first-order valence-electron chi connectivity index (χ1n) is 8.31. The molecule has 27 heavy (non-hydrogen) atoms. The summed E-state index contributed by atoms with van der Waals surface area (Å²) in [5, 5.41) is 7.11. The van der Waals surface area contributed by atoms with Gasteiger partial charge in [-0.05, 0) is 32.0 Å². The van der Waals surface area contributed by atoms with Gasteiger partial charge in [0.2, 0.25) is 10.0 Å². The molecule has 1 N–H and O–H groups in total. The van der Waals surface area contributed by atoms with Gasteiger partial charge < -0.3 is 9.73 Å². The van der Waals surface area contributed by atoms with Gasteiger partial charge in [0.25, 0.3) is 0 Å². The molecule has 0 unspecified atom stereocenters. The first-order valence-corrected chi connectivity index (χ1v) is 10.2. The molecule has 1 atom stereocenters. The Morgan fingerprint density at radius 1 is 1.37 bits per heavy atom. The van der Waals surface area contributed by atoms with E-state index in [-0.39, 0.29) is 19.6 Å². The van der Waals surface area contributed by atoms with E-state index < -0.39 is 28.1 Å². The standard InChI is InChI=1S/C16H21N5O5S/c1-11-9-12(2)21(18-11)13(14-5-4-8-26-14)10-17-15(22)19-6-7-20(16(19)23)27(3,24)25/h4-5,8-9,13H,6-7,10H2,1-3H3,(H,17,22)/t13-/m0/s1. The molecule has 0 saturated carbocycles. The summed E-state index contributed by atoms with van der Waals surface area (Å²) in [5.41, 5.74) is 1.72. The number of urea groups is 2. The lowest BCUT2D eigenvalue weighted by Crippen LogP contribution is -2.45. The summed E-state index contributed by atoms with van der Waals surface area (Å²) in [7, 11) is -3.70. The largest absolute Gasteiger partial charge is 0.467 e. The third-order valence-electron chi connectivity index (χ3n) is 4.27. The van der Waals surface area contributed by atoms with Gasteiger partial charge in [0, 0.05) is 12.2 Å². The summed E-state index contributed by atoms with van der Waals surface area (Å²) >= 11 is 0. The molecule has 1 fully saturated rings. The monoisotopic (exact) mass is 395 g/mol. The molecule has 1 aliphatic rings. The molecule has 3 rings (SSSR count). The molecule has 0 aliphatic carbocycles. The Morgan fingerprint density at radius 3 is 2.63 bits per heavy atom. The van der Waals surface area contributed by atoms with Crippen LogP contribution < -0.4 is 5.32 Å². The summed E-state index contributed by atoms with van der Waals surface area (Å²) in [6.45, 7) is 3.83. The SMILES string of the molecule is Cc1cc(C)n([C@@H](CNC(=O)N2CCN(S(C)(=O)=O)C2=O)c2ccco2)n1. The number of nitrogens with one attached hydrogen (secondary N) is 1. The van der Waals surface area contributed by atoms with E-state index in [1.807, 2.05) is 19.9 Å². The molecule has 0 radical (unpaired) electrons. The van der Waals surface area contributed by atoms with Crippen LogP contribution in [0.15, 0.2) is 28.9 Å². The molecule has 10 nitrogen and oxygen atoms in total. The molecule has 3 heterocycles. The van der Waals surface area contributed by atoms with E-state index in [1.54, 1.807) is 16.8 Å². The second-order valence-electron chi connectivity index (χ2n) is 6.36. The first kappa shape index (κ1) is 19.0. The molecule has 1 saturated heterocycles. The van der Waals surface area contributed by atoms with Gasteiger partial charge in [-0.3, -0.25) is 4.68 Å². The van der Waals surface area contributed by atoms with Crippen LogP contribution in [0.4, 0.5) is 9.59 Å². The van der Waals surface area contributed by atoms with Crippen molar-refractivity contribution >= 4 is 22.1 Å². The summed E-state index contributed by atoms with van der Waals surface area (Å²) in [6, 6.07) is 3.51. The van der Waals surface area contributed by atoms with Crippen LogP contribution in [0.25, 0.3) is 0 Å². The lowest BCUT2D eigenvalue weighted by atomic mass is 10.2. The Balaban J connectivity index is 1.74. The third-order valence-corrected chi connectivity index (χ3v) is 5.41. The lowest BCUT2D eigenvalue weighted by molar-refractivity contribution is 0.193. The zero-order chi connectivity index (χ0) is 19.8. The van der Waals surface area contributed by atoms with E-state index >= 15 is 0 Å². The zero-order valence-corrected chi connectivity index (χ0v) is 16.1. The molecule has 2 aromatic rings. The van der Waals surface area contributed by atoms with Gasteiger partial charge in [0.15, 0.2) is 0 Å². The number of amides is 4. The van der Waals surface area contributed by atoms with Crippen molar-refractivity contribution in [3.05, 3.63) is 41.6 Å². The van der Waals surface area contributed by atoms with E-state index in [9.17, 15) is 18.0 Å². The van der Waals surface area contributed by atoms with Crippen molar-refractivity contribution in [2.45, 2.75) is 19.9 Å². The summed E-state index contributed by atoms with van der Waals surface area (Å²) in [4.78, 5) is 25.5. The van der Waals surface area contributed by atoms with Crippen LogP contribution in [0, 0.1) is 13.8 Å². The van der Waals surface area contributed by atoms with Crippen molar-refractivity contribution < 1.29 is 22.4 Å². The van der Waals surface area contributed by atoms with Crippen LogP contribution in [-0.2, 0) is 10.0 Å². The predicted molar refractivity (Wildman–Crippen MR) is 95.6 cm³/mol. The number of carbonyl (C=O) groups is 2. The second kappa shape index (κ2) is 7.06. The number of aromatic nitrogens is 2. The van der Waals surface area contributed by atoms with Crippen molar-refractivity contribution in [3.63, 3.8) is 0 Å². The van der Waals surface area contributed by atoms with Gasteiger partial charge in [-0.1, -0.05) is 0 Å². The lowest BCUT2D eigenvalue weighted by Gasteiger charge is -2.20. The van der Waals surface area contributed by atoms with Crippen molar-refractivity contribution in [1.29, 1.82) is 0 Å². The summed E-state index contributed by atoms with van der Waals surface area (Å²) in [6.07, 6.45) is 2.46. The highest BCUT2D eigenvalue weighted by Gasteiger charge is 2.38. The Morgan fingerprint density at radius 2 is 2.11 bits per heavy atom. The van der Waals surface area contributed by atoms with E-state index in [2.05, 4.69) is 10.4 Å². The highest BCUT2D eigenvalue weighted by atomic mass is 32.2. The van der Waals surface area contributed by atoms with Gasteiger partial charge in [0.05, 0.1) is 31.3 Å². The minimum absolute atomic E-state index is 0.00304. The normalized spacial score (nSPS) is 16.0. The van der Waals surface area contributed by atoms with Gasteiger partial charge in [-0.15, -0.1) is 0 Å².